The number of hydrogen-bond acceptors (Lipinski definition) is 4. The van der Waals surface area contributed by atoms with E-state index in [0.717, 1.165) is 0 Å². The highest BCUT2D eigenvalue weighted by Gasteiger charge is 2.10. The van der Waals surface area contributed by atoms with Gasteiger partial charge in [0.1, 0.15) is 17.2 Å². The van der Waals surface area contributed by atoms with Crippen LogP contribution in [-0.4, -0.2) is 27.2 Å². The van der Waals surface area contributed by atoms with Gasteiger partial charge in [-0.05, 0) is 36.4 Å². The Labute approximate surface area is 123 Å². The Morgan fingerprint density at radius 1 is 0.857 bits per heavy atom. The monoisotopic (exact) mass is 287 g/mol. The summed E-state index contributed by atoms with van der Waals surface area (Å²) in [4.78, 5) is 12.2. The lowest BCUT2D eigenvalue weighted by Gasteiger charge is -2.11. The number of methoxy groups -OCH3 is 3. The summed E-state index contributed by atoms with van der Waals surface area (Å²) in [6, 6.07) is 12.1. The van der Waals surface area contributed by atoms with Crippen LogP contribution in [0.2, 0.25) is 0 Å². The number of amides is 1. The molecule has 0 bridgehead atoms. The third-order valence-corrected chi connectivity index (χ3v) is 3.01. The highest BCUT2D eigenvalue weighted by molar-refractivity contribution is 6.05. The lowest BCUT2D eigenvalue weighted by Crippen LogP contribution is -2.12. The van der Waals surface area contributed by atoms with Gasteiger partial charge in [0.15, 0.2) is 0 Å². The molecular weight excluding hydrogens is 270 g/mol. The van der Waals surface area contributed by atoms with Crippen LogP contribution < -0.4 is 19.5 Å². The van der Waals surface area contributed by atoms with E-state index in [1.54, 1.807) is 56.7 Å². The van der Waals surface area contributed by atoms with Gasteiger partial charge in [-0.3, -0.25) is 4.79 Å². The SMILES string of the molecule is COc1ccc(C(=O)Nc2ccc(OC)cc2OC)cc1. The summed E-state index contributed by atoms with van der Waals surface area (Å²) in [6.07, 6.45) is 0. The maximum absolute atomic E-state index is 12.2. The van der Waals surface area contributed by atoms with Gasteiger partial charge in [-0.1, -0.05) is 0 Å². The predicted molar refractivity (Wildman–Crippen MR) is 80.5 cm³/mol. The van der Waals surface area contributed by atoms with Crippen LogP contribution in [0.3, 0.4) is 0 Å². The van der Waals surface area contributed by atoms with Gasteiger partial charge in [0.05, 0.1) is 27.0 Å². The van der Waals surface area contributed by atoms with Crippen molar-refractivity contribution in [1.82, 2.24) is 0 Å². The zero-order valence-corrected chi connectivity index (χ0v) is 12.2. The molecule has 0 unspecified atom stereocenters. The number of rotatable bonds is 5. The van der Waals surface area contributed by atoms with E-state index in [1.165, 1.54) is 7.11 Å². The minimum absolute atomic E-state index is 0.221. The summed E-state index contributed by atoms with van der Waals surface area (Å²) in [7, 11) is 4.69. The van der Waals surface area contributed by atoms with E-state index in [0.29, 0.717) is 28.5 Å². The van der Waals surface area contributed by atoms with Crippen molar-refractivity contribution in [2.24, 2.45) is 0 Å². The summed E-state index contributed by atoms with van der Waals surface area (Å²) < 4.78 is 15.4. The van der Waals surface area contributed by atoms with Crippen LogP contribution in [0.25, 0.3) is 0 Å². The zero-order chi connectivity index (χ0) is 15.2. The van der Waals surface area contributed by atoms with Crippen LogP contribution in [0, 0.1) is 0 Å². The number of anilines is 1. The van der Waals surface area contributed by atoms with Gasteiger partial charge >= 0.3 is 0 Å². The number of ether oxygens (including phenoxy) is 3. The fraction of sp³-hybridized carbons (Fsp3) is 0.188. The quantitative estimate of drug-likeness (QED) is 0.918. The molecule has 0 aliphatic carbocycles. The van der Waals surface area contributed by atoms with Gasteiger partial charge in [-0.25, -0.2) is 0 Å². The van der Waals surface area contributed by atoms with Crippen LogP contribution in [0.1, 0.15) is 10.4 Å². The molecule has 110 valence electrons. The molecule has 0 atom stereocenters. The lowest BCUT2D eigenvalue weighted by molar-refractivity contribution is 0.102. The molecule has 1 N–H and O–H groups in total. The first-order valence-electron chi connectivity index (χ1n) is 6.35. The highest BCUT2D eigenvalue weighted by Crippen LogP contribution is 2.29. The molecule has 0 saturated carbocycles. The second-order valence-electron chi connectivity index (χ2n) is 4.25. The molecule has 1 amide bonds. The first-order chi connectivity index (χ1) is 10.2. The maximum atomic E-state index is 12.2. The third-order valence-electron chi connectivity index (χ3n) is 3.01. The second kappa shape index (κ2) is 6.65. The Kier molecular flexibility index (Phi) is 4.66. The van der Waals surface area contributed by atoms with E-state index in [4.69, 9.17) is 14.2 Å². The molecule has 0 saturated heterocycles. The summed E-state index contributed by atoms with van der Waals surface area (Å²) in [5.41, 5.74) is 1.12. The Hall–Kier alpha value is -2.69. The maximum Gasteiger partial charge on any atom is 0.255 e. The van der Waals surface area contributed by atoms with E-state index in [-0.39, 0.29) is 5.91 Å². The smallest absolute Gasteiger partial charge is 0.255 e. The minimum Gasteiger partial charge on any atom is -0.497 e. The van der Waals surface area contributed by atoms with Gasteiger partial charge in [0.2, 0.25) is 0 Å². The lowest BCUT2D eigenvalue weighted by atomic mass is 10.2. The Bertz CT molecular complexity index is 623. The molecule has 21 heavy (non-hydrogen) atoms. The number of carbonyl (C=O) groups is 1. The van der Waals surface area contributed by atoms with Crippen molar-refractivity contribution in [3.8, 4) is 17.2 Å². The van der Waals surface area contributed by atoms with Crippen LogP contribution in [0.5, 0.6) is 17.2 Å². The molecule has 0 heterocycles. The third kappa shape index (κ3) is 3.45. The topological polar surface area (TPSA) is 56.8 Å². The van der Waals surface area contributed by atoms with E-state index in [9.17, 15) is 4.79 Å². The molecule has 2 aromatic carbocycles. The van der Waals surface area contributed by atoms with Crippen molar-refractivity contribution in [3.63, 3.8) is 0 Å². The largest absolute Gasteiger partial charge is 0.497 e. The molecule has 5 heteroatoms. The van der Waals surface area contributed by atoms with Crippen LogP contribution in [-0.2, 0) is 0 Å². The average Bonchev–Trinajstić information content (AvgIpc) is 2.55. The fourth-order valence-electron chi connectivity index (χ4n) is 1.84. The van der Waals surface area contributed by atoms with Crippen LogP contribution in [0.15, 0.2) is 42.5 Å². The van der Waals surface area contributed by atoms with Crippen LogP contribution in [0.4, 0.5) is 5.69 Å². The molecule has 0 radical (unpaired) electrons. The summed E-state index contributed by atoms with van der Waals surface area (Å²) in [6.45, 7) is 0. The molecule has 0 aromatic heterocycles. The van der Waals surface area contributed by atoms with Crippen molar-refractivity contribution in [2.45, 2.75) is 0 Å². The first-order valence-corrected chi connectivity index (χ1v) is 6.35. The second-order valence-corrected chi connectivity index (χ2v) is 4.25. The van der Waals surface area contributed by atoms with Gasteiger partial charge < -0.3 is 19.5 Å². The van der Waals surface area contributed by atoms with Gasteiger partial charge in [0.25, 0.3) is 5.91 Å². The van der Waals surface area contributed by atoms with Gasteiger partial charge in [0, 0.05) is 11.6 Å². The number of hydrogen-bond donors (Lipinski definition) is 1. The summed E-state index contributed by atoms with van der Waals surface area (Å²) >= 11 is 0. The normalized spacial score (nSPS) is 9.86. The number of carbonyl (C=O) groups excluding carboxylic acids is 1. The predicted octanol–water partition coefficient (Wildman–Crippen LogP) is 2.96. The fourth-order valence-corrected chi connectivity index (χ4v) is 1.84. The number of benzene rings is 2. The van der Waals surface area contributed by atoms with Gasteiger partial charge in [-0.15, -0.1) is 0 Å². The molecule has 0 aliphatic rings. The van der Waals surface area contributed by atoms with Gasteiger partial charge in [-0.2, -0.15) is 0 Å². The van der Waals surface area contributed by atoms with Crippen molar-refractivity contribution in [3.05, 3.63) is 48.0 Å². The van der Waals surface area contributed by atoms with E-state index >= 15 is 0 Å². The molecule has 2 aromatic rings. The zero-order valence-electron chi connectivity index (χ0n) is 12.2. The molecule has 5 nitrogen and oxygen atoms in total. The molecule has 0 aliphatic heterocycles. The number of nitrogens with one attached hydrogen (secondary N) is 1. The summed E-state index contributed by atoms with van der Waals surface area (Å²) in [5.74, 6) is 1.68. The van der Waals surface area contributed by atoms with Crippen molar-refractivity contribution in [2.75, 3.05) is 26.6 Å². The van der Waals surface area contributed by atoms with Crippen molar-refractivity contribution in [1.29, 1.82) is 0 Å². The minimum atomic E-state index is -0.221. The van der Waals surface area contributed by atoms with Crippen molar-refractivity contribution >= 4 is 11.6 Å². The van der Waals surface area contributed by atoms with Crippen molar-refractivity contribution < 1.29 is 19.0 Å². The molecule has 2 rings (SSSR count). The Morgan fingerprint density at radius 2 is 1.48 bits per heavy atom. The Morgan fingerprint density at radius 3 is 2.05 bits per heavy atom. The van der Waals surface area contributed by atoms with E-state index < -0.39 is 0 Å². The molecular formula is C16H17NO4. The molecule has 0 fully saturated rings. The highest BCUT2D eigenvalue weighted by atomic mass is 16.5. The summed E-state index contributed by atoms with van der Waals surface area (Å²) in [5, 5.41) is 2.81. The van der Waals surface area contributed by atoms with E-state index in [1.807, 2.05) is 0 Å². The standard InChI is InChI=1S/C16H17NO4/c1-19-12-6-4-11(5-7-12)16(18)17-14-9-8-13(20-2)10-15(14)21-3/h4-10H,1-3H3,(H,17,18). The van der Waals surface area contributed by atoms with E-state index in [2.05, 4.69) is 5.32 Å². The van der Waals surface area contributed by atoms with Crippen LogP contribution >= 0.6 is 0 Å². The molecule has 0 spiro atoms. The average molecular weight is 287 g/mol. The Balaban J connectivity index is 2.18. The first kappa shape index (κ1) is 14.7.